The van der Waals surface area contributed by atoms with E-state index in [0.717, 1.165) is 0 Å². The van der Waals surface area contributed by atoms with Crippen molar-refractivity contribution in [3.63, 3.8) is 0 Å². The number of unbranched alkanes of at least 4 members (excludes halogenated alkanes) is 2. The second-order valence-corrected chi connectivity index (χ2v) is 8.63. The number of hydroxylamine groups is 2. The molecule has 0 aromatic heterocycles. The van der Waals surface area contributed by atoms with E-state index in [9.17, 15) is 33.9 Å². The SMILES string of the molecule is CC(C)[C@H](NC(=O)CCCCCN1C(=O)C=CC1O)C(=O)N[C@@H](C)C(=O)ON1C(=O)CCC1=O. The highest BCUT2D eigenvalue weighted by molar-refractivity contribution is 6.02. The van der Waals surface area contributed by atoms with Gasteiger partial charge in [0.2, 0.25) is 17.7 Å². The summed E-state index contributed by atoms with van der Waals surface area (Å²) in [6, 6.07) is -2.05. The highest BCUT2D eigenvalue weighted by atomic mass is 16.7. The second kappa shape index (κ2) is 12.3. The third-order valence-electron chi connectivity index (χ3n) is 5.48. The number of amides is 5. The van der Waals surface area contributed by atoms with Gasteiger partial charge in [0.1, 0.15) is 18.3 Å². The van der Waals surface area contributed by atoms with Crippen molar-refractivity contribution >= 4 is 35.5 Å². The summed E-state index contributed by atoms with van der Waals surface area (Å²) in [5.41, 5.74) is 0. The van der Waals surface area contributed by atoms with Crippen LogP contribution in [0, 0.1) is 5.92 Å². The maximum Gasteiger partial charge on any atom is 0.354 e. The molecular weight excluding hydrogens is 448 g/mol. The van der Waals surface area contributed by atoms with E-state index in [0.29, 0.717) is 30.9 Å². The highest BCUT2D eigenvalue weighted by Crippen LogP contribution is 2.13. The molecule has 0 bridgehead atoms. The number of hydrogen-bond acceptors (Lipinski definition) is 8. The predicted octanol–water partition coefficient (Wildman–Crippen LogP) is -0.484. The largest absolute Gasteiger partial charge is 0.370 e. The Kier molecular flexibility index (Phi) is 9.72. The fraction of sp³-hybridized carbons (Fsp3) is 0.636. The fourth-order valence-electron chi connectivity index (χ4n) is 3.45. The molecule has 34 heavy (non-hydrogen) atoms. The molecule has 12 nitrogen and oxygen atoms in total. The fourth-order valence-corrected chi connectivity index (χ4v) is 3.45. The van der Waals surface area contributed by atoms with E-state index in [-0.39, 0.29) is 37.0 Å². The topological polar surface area (TPSA) is 162 Å². The summed E-state index contributed by atoms with van der Waals surface area (Å²) in [7, 11) is 0. The first-order chi connectivity index (χ1) is 16.0. The minimum Gasteiger partial charge on any atom is -0.370 e. The highest BCUT2D eigenvalue weighted by Gasteiger charge is 2.35. The third-order valence-corrected chi connectivity index (χ3v) is 5.48. The molecule has 3 atom stereocenters. The average molecular weight is 481 g/mol. The van der Waals surface area contributed by atoms with E-state index in [4.69, 9.17) is 4.84 Å². The Morgan fingerprint density at radius 2 is 1.71 bits per heavy atom. The first-order valence-corrected chi connectivity index (χ1v) is 11.4. The van der Waals surface area contributed by atoms with Gasteiger partial charge in [-0.3, -0.25) is 24.0 Å². The van der Waals surface area contributed by atoms with E-state index in [1.807, 2.05) is 0 Å². The first-order valence-electron chi connectivity index (χ1n) is 11.4. The van der Waals surface area contributed by atoms with Crippen LogP contribution in [0.15, 0.2) is 12.2 Å². The van der Waals surface area contributed by atoms with E-state index < -0.39 is 42.0 Å². The van der Waals surface area contributed by atoms with Crippen LogP contribution in [0.1, 0.15) is 59.3 Å². The molecule has 2 heterocycles. The molecule has 3 N–H and O–H groups in total. The van der Waals surface area contributed by atoms with Crippen LogP contribution < -0.4 is 10.6 Å². The smallest absolute Gasteiger partial charge is 0.354 e. The zero-order valence-electron chi connectivity index (χ0n) is 19.6. The monoisotopic (exact) mass is 480 g/mol. The van der Waals surface area contributed by atoms with Crippen LogP contribution in [-0.2, 0) is 33.6 Å². The molecule has 0 spiro atoms. The van der Waals surface area contributed by atoms with Crippen LogP contribution in [-0.4, -0.2) is 75.4 Å². The van der Waals surface area contributed by atoms with E-state index >= 15 is 0 Å². The number of rotatable bonds is 12. The molecular formula is C22H32N4O8. The zero-order chi connectivity index (χ0) is 25.4. The molecule has 0 saturated carbocycles. The van der Waals surface area contributed by atoms with Crippen molar-refractivity contribution in [2.45, 2.75) is 77.6 Å². The molecule has 1 fully saturated rings. The Bertz CT molecular complexity index is 840. The van der Waals surface area contributed by atoms with Crippen molar-refractivity contribution < 1.29 is 38.7 Å². The van der Waals surface area contributed by atoms with Gasteiger partial charge in [0.25, 0.3) is 11.8 Å². The zero-order valence-corrected chi connectivity index (χ0v) is 19.6. The van der Waals surface area contributed by atoms with Crippen molar-refractivity contribution in [2.24, 2.45) is 5.92 Å². The normalized spacial score (nSPS) is 19.6. The third kappa shape index (κ3) is 7.37. The van der Waals surface area contributed by atoms with Crippen molar-refractivity contribution in [2.75, 3.05) is 6.54 Å². The van der Waals surface area contributed by atoms with Crippen molar-refractivity contribution in [1.82, 2.24) is 20.6 Å². The lowest BCUT2D eigenvalue weighted by molar-refractivity contribution is -0.198. The summed E-state index contributed by atoms with van der Waals surface area (Å²) in [5, 5.41) is 15.2. The molecule has 2 aliphatic heterocycles. The van der Waals surface area contributed by atoms with E-state index in [2.05, 4.69) is 10.6 Å². The standard InChI is InChI=1S/C22H32N4O8/c1-13(2)20(21(32)23-14(3)22(33)34-26-18(30)10-11-19(26)31)24-15(27)7-5-4-6-12-25-16(28)8-9-17(25)29/h8-9,13-14,16,20,28H,4-7,10-12H2,1-3H3,(H,23,32)(H,24,27)/t14-,16?,20-/m0/s1. The lowest BCUT2D eigenvalue weighted by Crippen LogP contribution is -2.53. The van der Waals surface area contributed by atoms with E-state index in [1.54, 1.807) is 13.8 Å². The Morgan fingerprint density at radius 1 is 1.06 bits per heavy atom. The molecule has 0 radical (unpaired) electrons. The summed E-state index contributed by atoms with van der Waals surface area (Å²) in [5.74, 6) is -3.66. The summed E-state index contributed by atoms with van der Waals surface area (Å²) in [4.78, 5) is 78.0. The van der Waals surface area contributed by atoms with Crippen LogP contribution >= 0.6 is 0 Å². The van der Waals surface area contributed by atoms with Gasteiger partial charge < -0.3 is 25.5 Å². The minimum absolute atomic E-state index is 0.0378. The molecule has 188 valence electrons. The van der Waals surface area contributed by atoms with Gasteiger partial charge in [0, 0.05) is 31.9 Å². The first kappa shape index (κ1) is 27.0. The average Bonchev–Trinajstić information content (AvgIpc) is 3.26. The number of nitrogens with zero attached hydrogens (tertiary/aromatic N) is 2. The van der Waals surface area contributed by atoms with Gasteiger partial charge in [-0.1, -0.05) is 20.3 Å². The van der Waals surface area contributed by atoms with Crippen LogP contribution in [0.3, 0.4) is 0 Å². The Hall–Kier alpha value is -3.28. The summed E-state index contributed by atoms with van der Waals surface area (Å²) >= 11 is 0. The number of carbonyl (C=O) groups excluding carboxylic acids is 6. The van der Waals surface area contributed by atoms with Gasteiger partial charge in [0.05, 0.1) is 0 Å². The Morgan fingerprint density at radius 3 is 2.26 bits per heavy atom. The Labute approximate surface area is 197 Å². The van der Waals surface area contributed by atoms with Gasteiger partial charge in [0.15, 0.2) is 0 Å². The molecule has 1 saturated heterocycles. The molecule has 5 amide bonds. The van der Waals surface area contributed by atoms with Gasteiger partial charge in [-0.15, -0.1) is 5.06 Å². The summed E-state index contributed by atoms with van der Waals surface area (Å²) in [6.45, 7) is 5.21. The number of nitrogens with one attached hydrogen (secondary N) is 2. The number of imide groups is 1. The van der Waals surface area contributed by atoms with Crippen molar-refractivity contribution in [1.29, 1.82) is 0 Å². The Balaban J connectivity index is 1.74. The lowest BCUT2D eigenvalue weighted by Gasteiger charge is -2.24. The van der Waals surface area contributed by atoms with Crippen LogP contribution in [0.25, 0.3) is 0 Å². The van der Waals surface area contributed by atoms with Crippen molar-refractivity contribution in [3.05, 3.63) is 12.2 Å². The predicted molar refractivity (Wildman–Crippen MR) is 117 cm³/mol. The second-order valence-electron chi connectivity index (χ2n) is 8.63. The van der Waals surface area contributed by atoms with Gasteiger partial charge in [-0.05, 0) is 31.8 Å². The quantitative estimate of drug-likeness (QED) is 0.249. The van der Waals surface area contributed by atoms with Crippen LogP contribution in [0.4, 0.5) is 0 Å². The molecule has 2 aliphatic rings. The van der Waals surface area contributed by atoms with Crippen LogP contribution in [0.5, 0.6) is 0 Å². The van der Waals surface area contributed by atoms with Crippen molar-refractivity contribution in [3.8, 4) is 0 Å². The number of aliphatic hydroxyl groups excluding tert-OH is 1. The molecule has 0 aromatic rings. The molecule has 0 aliphatic carbocycles. The van der Waals surface area contributed by atoms with Gasteiger partial charge in [-0.2, -0.15) is 0 Å². The molecule has 12 heteroatoms. The minimum atomic E-state index is -1.15. The molecule has 1 unspecified atom stereocenters. The maximum absolute atomic E-state index is 12.6. The molecule has 0 aromatic carbocycles. The number of hydrogen-bond donors (Lipinski definition) is 3. The van der Waals surface area contributed by atoms with Gasteiger partial charge in [-0.25, -0.2) is 4.79 Å². The van der Waals surface area contributed by atoms with Gasteiger partial charge >= 0.3 is 5.97 Å². The summed E-state index contributed by atoms with van der Waals surface area (Å²) in [6.07, 6.45) is 3.73. The maximum atomic E-state index is 12.6. The number of carbonyl (C=O) groups is 6. The summed E-state index contributed by atoms with van der Waals surface area (Å²) < 4.78 is 0. The van der Waals surface area contributed by atoms with E-state index in [1.165, 1.54) is 24.0 Å². The molecule has 2 rings (SSSR count). The lowest BCUT2D eigenvalue weighted by atomic mass is 10.0. The number of aliphatic hydroxyl groups is 1. The van der Waals surface area contributed by atoms with Crippen LogP contribution in [0.2, 0.25) is 0 Å².